The molecule has 3 rings (SSSR count). The van der Waals surface area contributed by atoms with Crippen molar-refractivity contribution in [2.75, 3.05) is 29.9 Å². The summed E-state index contributed by atoms with van der Waals surface area (Å²) in [6.07, 6.45) is 1.07. The zero-order chi connectivity index (χ0) is 15.5. The van der Waals surface area contributed by atoms with Crippen LogP contribution in [0.2, 0.25) is 0 Å². The van der Waals surface area contributed by atoms with Crippen LogP contribution in [0.5, 0.6) is 0 Å². The molecule has 1 aromatic carbocycles. The van der Waals surface area contributed by atoms with Crippen LogP contribution in [0.3, 0.4) is 0 Å². The Hall–Kier alpha value is -2.57. The number of para-hydroxylation sites is 1. The van der Waals surface area contributed by atoms with Gasteiger partial charge in [0.25, 0.3) is 0 Å². The molecule has 0 fully saturated rings. The first-order valence-corrected chi connectivity index (χ1v) is 7.39. The van der Waals surface area contributed by atoms with Crippen molar-refractivity contribution in [3.05, 3.63) is 35.7 Å². The monoisotopic (exact) mass is 300 g/mol. The van der Waals surface area contributed by atoms with E-state index < -0.39 is 0 Å². The molecule has 116 valence electrons. The molecule has 0 unspecified atom stereocenters. The summed E-state index contributed by atoms with van der Waals surface area (Å²) in [5.74, 6) is 1.08. The third kappa shape index (κ3) is 3.03. The van der Waals surface area contributed by atoms with Gasteiger partial charge in [-0.2, -0.15) is 4.98 Å². The van der Waals surface area contributed by atoms with Gasteiger partial charge in [0.2, 0.25) is 5.95 Å². The van der Waals surface area contributed by atoms with E-state index in [9.17, 15) is 4.79 Å². The third-order valence-electron chi connectivity index (χ3n) is 3.86. The van der Waals surface area contributed by atoms with Crippen molar-refractivity contribution in [2.45, 2.75) is 13.3 Å². The molecule has 1 aliphatic rings. The molecular formula is C15H20N6O. The number of aromatic nitrogens is 3. The Morgan fingerprint density at radius 1 is 1.36 bits per heavy atom. The number of nitrogens with zero attached hydrogens (tertiary/aromatic N) is 4. The lowest BCUT2D eigenvalue weighted by Gasteiger charge is -2.19. The van der Waals surface area contributed by atoms with E-state index in [2.05, 4.69) is 43.8 Å². The van der Waals surface area contributed by atoms with Gasteiger partial charge in [0.15, 0.2) is 0 Å². The summed E-state index contributed by atoms with van der Waals surface area (Å²) in [7, 11) is 1.79. The van der Waals surface area contributed by atoms with Gasteiger partial charge in [0, 0.05) is 32.4 Å². The smallest absolute Gasteiger partial charge is 0.321 e. The van der Waals surface area contributed by atoms with Crippen molar-refractivity contribution in [1.29, 1.82) is 0 Å². The largest absolute Gasteiger partial charge is 0.369 e. The van der Waals surface area contributed by atoms with E-state index in [1.165, 1.54) is 11.3 Å². The minimum absolute atomic E-state index is 0.280. The molecule has 0 atom stereocenters. The molecule has 22 heavy (non-hydrogen) atoms. The van der Waals surface area contributed by atoms with Crippen LogP contribution < -0.4 is 15.5 Å². The number of fused-ring (bicyclic) bond motifs is 1. The number of anilines is 2. The number of rotatable bonds is 4. The van der Waals surface area contributed by atoms with Crippen LogP contribution >= 0.6 is 0 Å². The minimum atomic E-state index is -0.280. The van der Waals surface area contributed by atoms with Crippen LogP contribution in [0.4, 0.5) is 16.4 Å². The number of aryl methyl sites for hydroxylation is 2. The molecule has 7 nitrogen and oxygen atoms in total. The van der Waals surface area contributed by atoms with E-state index in [0.717, 1.165) is 25.3 Å². The average Bonchev–Trinajstić information content (AvgIpc) is 3.03. The Labute approximate surface area is 129 Å². The van der Waals surface area contributed by atoms with Crippen molar-refractivity contribution >= 4 is 17.7 Å². The third-order valence-corrected chi connectivity index (χ3v) is 3.86. The molecule has 2 heterocycles. The van der Waals surface area contributed by atoms with Crippen molar-refractivity contribution in [1.82, 2.24) is 20.1 Å². The standard InChI is InChI=1S/C15H20N6O/c1-11-17-14(19-20(11)2)18-15(22)16-8-10-21-9-7-12-5-3-4-6-13(12)21/h3-6H,7-10H2,1-2H3,(H2,16,18,19,22). The lowest BCUT2D eigenvalue weighted by atomic mass is 10.2. The van der Waals surface area contributed by atoms with Gasteiger partial charge in [-0.1, -0.05) is 18.2 Å². The summed E-state index contributed by atoms with van der Waals surface area (Å²) in [5.41, 5.74) is 2.65. The molecule has 1 aliphatic heterocycles. The second kappa shape index (κ2) is 6.05. The Bertz CT molecular complexity index is 661. The Morgan fingerprint density at radius 3 is 2.95 bits per heavy atom. The summed E-state index contributed by atoms with van der Waals surface area (Å²) >= 11 is 0. The lowest BCUT2D eigenvalue weighted by Crippen LogP contribution is -2.36. The summed E-state index contributed by atoms with van der Waals surface area (Å²) in [6, 6.07) is 8.12. The van der Waals surface area contributed by atoms with E-state index in [1.54, 1.807) is 11.7 Å². The zero-order valence-electron chi connectivity index (χ0n) is 12.8. The topological polar surface area (TPSA) is 75.1 Å². The van der Waals surface area contributed by atoms with Crippen LogP contribution in [0.25, 0.3) is 0 Å². The highest BCUT2D eigenvalue weighted by Gasteiger charge is 2.17. The molecule has 2 aromatic rings. The highest BCUT2D eigenvalue weighted by Crippen LogP contribution is 2.26. The van der Waals surface area contributed by atoms with Crippen LogP contribution in [-0.2, 0) is 13.5 Å². The van der Waals surface area contributed by atoms with E-state index in [4.69, 9.17) is 0 Å². The molecule has 1 aromatic heterocycles. The van der Waals surface area contributed by atoms with Crippen LogP contribution in [0, 0.1) is 6.92 Å². The van der Waals surface area contributed by atoms with E-state index >= 15 is 0 Å². The van der Waals surface area contributed by atoms with Gasteiger partial charge in [-0.25, -0.2) is 4.79 Å². The SMILES string of the molecule is Cc1nc(NC(=O)NCCN2CCc3ccccc32)nn1C. The number of carbonyl (C=O) groups is 1. The van der Waals surface area contributed by atoms with E-state index in [-0.39, 0.29) is 6.03 Å². The first-order valence-electron chi connectivity index (χ1n) is 7.39. The number of hydrogen-bond acceptors (Lipinski definition) is 4. The van der Waals surface area contributed by atoms with E-state index in [0.29, 0.717) is 12.5 Å². The minimum Gasteiger partial charge on any atom is -0.369 e. The summed E-state index contributed by atoms with van der Waals surface area (Å²) < 4.78 is 1.62. The van der Waals surface area contributed by atoms with Gasteiger partial charge in [0.1, 0.15) is 5.82 Å². The summed E-state index contributed by atoms with van der Waals surface area (Å²) in [5, 5.41) is 9.56. The summed E-state index contributed by atoms with van der Waals surface area (Å²) in [4.78, 5) is 18.2. The van der Waals surface area contributed by atoms with Crippen LogP contribution in [0.1, 0.15) is 11.4 Å². The predicted octanol–water partition coefficient (Wildman–Crippen LogP) is 1.31. The maximum absolute atomic E-state index is 11.8. The normalized spacial score (nSPS) is 13.1. The molecule has 7 heteroatoms. The average molecular weight is 300 g/mol. The fourth-order valence-electron chi connectivity index (χ4n) is 2.60. The molecule has 2 amide bonds. The number of amides is 2. The quantitative estimate of drug-likeness (QED) is 0.892. The Balaban J connectivity index is 1.46. The Kier molecular flexibility index (Phi) is 3.95. The number of urea groups is 1. The highest BCUT2D eigenvalue weighted by molar-refractivity contribution is 5.87. The number of hydrogen-bond donors (Lipinski definition) is 2. The zero-order valence-corrected chi connectivity index (χ0v) is 12.8. The molecule has 0 aliphatic carbocycles. The van der Waals surface area contributed by atoms with Gasteiger partial charge in [0.05, 0.1) is 0 Å². The van der Waals surface area contributed by atoms with Crippen LogP contribution in [-0.4, -0.2) is 40.4 Å². The first kappa shape index (κ1) is 14.4. The lowest BCUT2D eigenvalue weighted by molar-refractivity contribution is 0.252. The van der Waals surface area contributed by atoms with Gasteiger partial charge >= 0.3 is 6.03 Å². The fraction of sp³-hybridized carbons (Fsp3) is 0.400. The van der Waals surface area contributed by atoms with Gasteiger partial charge in [-0.05, 0) is 25.0 Å². The van der Waals surface area contributed by atoms with E-state index in [1.807, 2.05) is 13.0 Å². The number of nitrogens with one attached hydrogen (secondary N) is 2. The summed E-state index contributed by atoms with van der Waals surface area (Å²) in [6.45, 7) is 4.20. The number of benzene rings is 1. The van der Waals surface area contributed by atoms with Gasteiger partial charge in [-0.3, -0.25) is 10.00 Å². The van der Waals surface area contributed by atoms with Crippen molar-refractivity contribution in [3.63, 3.8) is 0 Å². The maximum atomic E-state index is 11.8. The predicted molar refractivity (Wildman–Crippen MR) is 85.1 cm³/mol. The van der Waals surface area contributed by atoms with Crippen LogP contribution in [0.15, 0.2) is 24.3 Å². The van der Waals surface area contributed by atoms with Gasteiger partial charge < -0.3 is 10.2 Å². The molecule has 0 radical (unpaired) electrons. The first-order chi connectivity index (χ1) is 10.6. The van der Waals surface area contributed by atoms with Crippen molar-refractivity contribution in [2.24, 2.45) is 7.05 Å². The molecular weight excluding hydrogens is 280 g/mol. The van der Waals surface area contributed by atoms with Crippen molar-refractivity contribution < 1.29 is 4.79 Å². The van der Waals surface area contributed by atoms with Gasteiger partial charge in [-0.15, -0.1) is 5.10 Å². The maximum Gasteiger partial charge on any atom is 0.321 e. The molecule has 0 bridgehead atoms. The molecule has 2 N–H and O–H groups in total. The molecule has 0 spiro atoms. The van der Waals surface area contributed by atoms with Crippen molar-refractivity contribution in [3.8, 4) is 0 Å². The Morgan fingerprint density at radius 2 is 2.18 bits per heavy atom. The fourth-order valence-corrected chi connectivity index (χ4v) is 2.60. The number of carbonyl (C=O) groups excluding carboxylic acids is 1. The molecule has 0 saturated carbocycles. The highest BCUT2D eigenvalue weighted by atomic mass is 16.2. The molecule has 0 saturated heterocycles. The second-order valence-corrected chi connectivity index (χ2v) is 5.35. The second-order valence-electron chi connectivity index (χ2n) is 5.35.